The predicted molar refractivity (Wildman–Crippen MR) is 154 cm³/mol. The maximum absolute atomic E-state index is 14.5. The Morgan fingerprint density at radius 3 is 2.14 bits per heavy atom. The summed E-state index contributed by atoms with van der Waals surface area (Å²) in [6.45, 7) is 0. The van der Waals surface area contributed by atoms with Crippen molar-refractivity contribution >= 4 is 79.8 Å². The average molecular weight is 628 g/mol. The van der Waals surface area contributed by atoms with Crippen LogP contribution in [0.3, 0.4) is 0 Å². The summed E-state index contributed by atoms with van der Waals surface area (Å²) < 4.78 is 15.4. The van der Waals surface area contributed by atoms with Crippen molar-refractivity contribution in [2.24, 2.45) is 0 Å². The average Bonchev–Trinajstić information content (AvgIpc) is 2.88. The Kier molecular flexibility index (Phi) is 7.09. The van der Waals surface area contributed by atoms with E-state index >= 15 is 0 Å². The van der Waals surface area contributed by atoms with E-state index in [0.717, 1.165) is 14.5 Å². The SMILES string of the molecule is O=C(Nc1ccc(Cl)cc1)N(c1ccc(Cl)cc1)c1nc(-c2ccccc2)c(I)c2ccc(F)cc12. The molecule has 5 aromatic rings. The molecule has 4 aromatic carbocycles. The Morgan fingerprint density at radius 2 is 1.47 bits per heavy atom. The number of urea groups is 1. The van der Waals surface area contributed by atoms with Crippen molar-refractivity contribution in [2.45, 2.75) is 0 Å². The molecule has 0 saturated heterocycles. The first-order chi connectivity index (χ1) is 17.4. The van der Waals surface area contributed by atoms with Gasteiger partial charge in [0.2, 0.25) is 0 Å². The normalized spacial score (nSPS) is 10.9. The van der Waals surface area contributed by atoms with E-state index in [-0.39, 0.29) is 5.82 Å². The number of nitrogens with zero attached hydrogens (tertiary/aromatic N) is 2. The van der Waals surface area contributed by atoms with Crippen LogP contribution in [0.1, 0.15) is 0 Å². The topological polar surface area (TPSA) is 45.2 Å². The van der Waals surface area contributed by atoms with E-state index in [0.29, 0.717) is 32.5 Å². The van der Waals surface area contributed by atoms with Gasteiger partial charge in [0.1, 0.15) is 11.6 Å². The number of pyridine rings is 1. The number of benzene rings is 4. The van der Waals surface area contributed by atoms with Gasteiger partial charge >= 0.3 is 6.03 Å². The number of anilines is 3. The highest BCUT2D eigenvalue weighted by molar-refractivity contribution is 14.1. The molecule has 2 amide bonds. The van der Waals surface area contributed by atoms with Crippen LogP contribution in [0, 0.1) is 9.39 Å². The summed E-state index contributed by atoms with van der Waals surface area (Å²) in [5.41, 5.74) is 2.63. The minimum atomic E-state index is -0.474. The summed E-state index contributed by atoms with van der Waals surface area (Å²) in [6, 6.07) is 27.3. The number of halogens is 4. The van der Waals surface area contributed by atoms with Crippen LogP contribution < -0.4 is 10.2 Å². The van der Waals surface area contributed by atoms with Gasteiger partial charge in [0, 0.05) is 35.6 Å². The number of nitrogens with one attached hydrogen (secondary N) is 1. The molecule has 5 rings (SSSR count). The maximum Gasteiger partial charge on any atom is 0.332 e. The van der Waals surface area contributed by atoms with Crippen LogP contribution in [-0.2, 0) is 0 Å². The van der Waals surface area contributed by atoms with Crippen molar-refractivity contribution in [1.29, 1.82) is 0 Å². The van der Waals surface area contributed by atoms with Gasteiger partial charge < -0.3 is 5.32 Å². The van der Waals surface area contributed by atoms with Crippen LogP contribution in [-0.4, -0.2) is 11.0 Å². The fraction of sp³-hybridized carbons (Fsp3) is 0. The Hall–Kier alpha value is -3.20. The molecule has 1 N–H and O–H groups in total. The first-order valence-corrected chi connectivity index (χ1v) is 12.7. The molecule has 1 aromatic heterocycles. The second-order valence-corrected chi connectivity index (χ2v) is 9.85. The van der Waals surface area contributed by atoms with E-state index in [1.54, 1.807) is 54.6 Å². The van der Waals surface area contributed by atoms with Crippen LogP contribution in [0.2, 0.25) is 10.0 Å². The standard InChI is InChI=1S/C28H17Cl2FIN3O/c29-18-6-11-21(12-7-18)33-28(36)35(22-13-8-19(30)9-14-22)27-24-16-20(31)10-15-23(24)25(32)26(34-27)17-4-2-1-3-5-17/h1-16H,(H,33,36). The van der Waals surface area contributed by atoms with Gasteiger partial charge in [0.05, 0.1) is 11.4 Å². The summed E-state index contributed by atoms with van der Waals surface area (Å²) in [7, 11) is 0. The summed E-state index contributed by atoms with van der Waals surface area (Å²) in [5.74, 6) is -0.138. The fourth-order valence-corrected chi connectivity index (χ4v) is 4.99. The smallest absolute Gasteiger partial charge is 0.307 e. The number of fused-ring (bicyclic) bond motifs is 1. The van der Waals surface area contributed by atoms with Crippen molar-refractivity contribution in [3.8, 4) is 11.3 Å². The molecule has 0 saturated carbocycles. The highest BCUT2D eigenvalue weighted by atomic mass is 127. The third-order valence-electron chi connectivity index (χ3n) is 5.53. The zero-order valence-corrected chi connectivity index (χ0v) is 22.2. The Labute approximate surface area is 230 Å². The molecule has 36 heavy (non-hydrogen) atoms. The number of rotatable bonds is 4. The largest absolute Gasteiger partial charge is 0.332 e. The van der Waals surface area contributed by atoms with Gasteiger partial charge in [0.25, 0.3) is 0 Å². The first-order valence-electron chi connectivity index (χ1n) is 10.9. The summed E-state index contributed by atoms with van der Waals surface area (Å²) in [4.78, 5) is 20.1. The van der Waals surface area contributed by atoms with E-state index in [4.69, 9.17) is 28.2 Å². The molecule has 0 aliphatic heterocycles. The molecule has 0 aliphatic carbocycles. The Morgan fingerprint density at radius 1 is 0.833 bits per heavy atom. The zero-order valence-electron chi connectivity index (χ0n) is 18.6. The molecule has 0 fully saturated rings. The monoisotopic (exact) mass is 627 g/mol. The lowest BCUT2D eigenvalue weighted by Crippen LogP contribution is -2.32. The lowest BCUT2D eigenvalue weighted by atomic mass is 10.1. The molecule has 178 valence electrons. The van der Waals surface area contributed by atoms with E-state index < -0.39 is 11.8 Å². The minimum absolute atomic E-state index is 0.289. The second kappa shape index (κ2) is 10.4. The van der Waals surface area contributed by atoms with Gasteiger partial charge in [-0.3, -0.25) is 0 Å². The van der Waals surface area contributed by atoms with Crippen LogP contribution in [0.4, 0.5) is 26.4 Å². The Balaban J connectivity index is 1.75. The third-order valence-corrected chi connectivity index (χ3v) is 7.12. The van der Waals surface area contributed by atoms with Gasteiger partial charge in [-0.05, 0) is 83.3 Å². The lowest BCUT2D eigenvalue weighted by Gasteiger charge is -2.25. The van der Waals surface area contributed by atoms with Crippen molar-refractivity contribution < 1.29 is 9.18 Å². The Bertz CT molecular complexity index is 1560. The number of hydrogen-bond donors (Lipinski definition) is 1. The molecular formula is C28H17Cl2FIN3O. The van der Waals surface area contributed by atoms with E-state index in [1.807, 2.05) is 30.3 Å². The van der Waals surface area contributed by atoms with Crippen molar-refractivity contribution in [3.05, 3.63) is 116 Å². The molecule has 0 bridgehead atoms. The third kappa shape index (κ3) is 5.02. The molecule has 0 unspecified atom stereocenters. The van der Waals surface area contributed by atoms with Gasteiger partial charge in [0.15, 0.2) is 0 Å². The number of carbonyl (C=O) groups excluding carboxylic acids is 1. The van der Waals surface area contributed by atoms with E-state index in [1.165, 1.54) is 17.0 Å². The molecular weight excluding hydrogens is 611 g/mol. The number of carbonyl (C=O) groups is 1. The summed E-state index contributed by atoms with van der Waals surface area (Å²) in [5, 5.41) is 5.24. The highest BCUT2D eigenvalue weighted by Gasteiger charge is 2.25. The van der Waals surface area contributed by atoms with E-state index in [9.17, 15) is 9.18 Å². The summed E-state index contributed by atoms with van der Waals surface area (Å²) in [6.07, 6.45) is 0. The van der Waals surface area contributed by atoms with Crippen LogP contribution in [0.5, 0.6) is 0 Å². The molecule has 4 nitrogen and oxygen atoms in total. The van der Waals surface area contributed by atoms with Crippen LogP contribution in [0.25, 0.3) is 22.0 Å². The number of amides is 2. The zero-order chi connectivity index (χ0) is 25.2. The second-order valence-electron chi connectivity index (χ2n) is 7.90. The molecule has 0 atom stereocenters. The number of hydrogen-bond acceptors (Lipinski definition) is 2. The first kappa shape index (κ1) is 24.5. The number of aromatic nitrogens is 1. The van der Waals surface area contributed by atoms with Crippen LogP contribution >= 0.6 is 45.8 Å². The van der Waals surface area contributed by atoms with Gasteiger partial charge in [-0.1, -0.05) is 59.6 Å². The molecule has 0 spiro atoms. The highest BCUT2D eigenvalue weighted by Crippen LogP contribution is 2.38. The van der Waals surface area contributed by atoms with E-state index in [2.05, 4.69) is 27.9 Å². The van der Waals surface area contributed by atoms with Gasteiger partial charge in [-0.2, -0.15) is 0 Å². The fourth-order valence-electron chi connectivity index (χ4n) is 3.83. The van der Waals surface area contributed by atoms with Gasteiger partial charge in [-0.15, -0.1) is 0 Å². The molecule has 1 heterocycles. The van der Waals surface area contributed by atoms with Crippen LogP contribution in [0.15, 0.2) is 97.1 Å². The molecule has 0 radical (unpaired) electrons. The summed E-state index contributed by atoms with van der Waals surface area (Å²) >= 11 is 14.4. The maximum atomic E-state index is 14.5. The quantitative estimate of drug-likeness (QED) is 0.202. The minimum Gasteiger partial charge on any atom is -0.307 e. The molecule has 0 aliphatic rings. The van der Waals surface area contributed by atoms with Gasteiger partial charge in [-0.25, -0.2) is 19.1 Å². The lowest BCUT2D eigenvalue weighted by molar-refractivity contribution is 0.259. The van der Waals surface area contributed by atoms with Crippen molar-refractivity contribution in [2.75, 3.05) is 10.2 Å². The predicted octanol–water partition coefficient (Wildman–Crippen LogP) is 9.32. The molecule has 8 heteroatoms. The van der Waals surface area contributed by atoms with Crippen molar-refractivity contribution in [1.82, 2.24) is 4.98 Å². The van der Waals surface area contributed by atoms with Crippen molar-refractivity contribution in [3.63, 3.8) is 0 Å².